The summed E-state index contributed by atoms with van der Waals surface area (Å²) in [6.45, 7) is 3.40. The molecule has 19 heavy (non-hydrogen) atoms. The smallest absolute Gasteiger partial charge is 0.240 e. The summed E-state index contributed by atoms with van der Waals surface area (Å²) in [5.74, 6) is -0.0288. The van der Waals surface area contributed by atoms with E-state index < -0.39 is 10.0 Å². The molecule has 4 nitrogen and oxygen atoms in total. The van der Waals surface area contributed by atoms with E-state index in [2.05, 4.69) is 4.72 Å². The minimum atomic E-state index is -3.64. The van der Waals surface area contributed by atoms with Crippen LogP contribution >= 0.6 is 0 Å². The lowest BCUT2D eigenvalue weighted by Gasteiger charge is -2.17. The third kappa shape index (κ3) is 3.13. The van der Waals surface area contributed by atoms with Crippen LogP contribution in [0.5, 0.6) is 0 Å². The van der Waals surface area contributed by atoms with Crippen LogP contribution in [0.3, 0.4) is 0 Å². The van der Waals surface area contributed by atoms with Gasteiger partial charge in [0, 0.05) is 12.6 Å². The van der Waals surface area contributed by atoms with Crippen LogP contribution in [-0.2, 0) is 10.0 Å². The van der Waals surface area contributed by atoms with Crippen molar-refractivity contribution in [2.45, 2.75) is 37.6 Å². The number of hydrogen-bond donors (Lipinski definition) is 2. The van der Waals surface area contributed by atoms with E-state index >= 15 is 0 Å². The summed E-state index contributed by atoms with van der Waals surface area (Å²) in [6.07, 6.45) is 2.01. The Morgan fingerprint density at radius 2 is 1.89 bits per heavy atom. The van der Waals surface area contributed by atoms with Gasteiger partial charge in [-0.3, -0.25) is 0 Å². The van der Waals surface area contributed by atoms with Crippen LogP contribution in [0.25, 0.3) is 0 Å². The van der Waals surface area contributed by atoms with Gasteiger partial charge in [0.15, 0.2) is 0 Å². The van der Waals surface area contributed by atoms with Crippen molar-refractivity contribution in [3.8, 4) is 0 Å². The Bertz CT molecular complexity index is 559. The molecule has 0 spiro atoms. The molecule has 1 atom stereocenters. The Morgan fingerprint density at radius 3 is 2.32 bits per heavy atom. The monoisotopic (exact) mass is 286 g/mol. The van der Waals surface area contributed by atoms with Crippen molar-refractivity contribution in [1.82, 2.24) is 4.72 Å². The first kappa shape index (κ1) is 14.4. The third-order valence-electron chi connectivity index (χ3n) is 3.47. The van der Waals surface area contributed by atoms with Crippen LogP contribution in [0.15, 0.2) is 17.0 Å². The Kier molecular flexibility index (Phi) is 3.94. The fraction of sp³-hybridized carbons (Fsp3) is 0.538. The van der Waals surface area contributed by atoms with Crippen LogP contribution in [-0.4, -0.2) is 21.0 Å². The number of rotatable bonds is 5. The van der Waals surface area contributed by atoms with Crippen molar-refractivity contribution in [2.75, 3.05) is 6.54 Å². The highest BCUT2D eigenvalue weighted by molar-refractivity contribution is 7.89. The zero-order valence-electron chi connectivity index (χ0n) is 11.1. The van der Waals surface area contributed by atoms with Gasteiger partial charge in [0.1, 0.15) is 5.82 Å². The highest BCUT2D eigenvalue weighted by Gasteiger charge is 2.33. The van der Waals surface area contributed by atoms with Gasteiger partial charge in [-0.05, 0) is 55.9 Å². The van der Waals surface area contributed by atoms with E-state index in [1.807, 2.05) is 0 Å². The van der Waals surface area contributed by atoms with Crippen molar-refractivity contribution in [3.63, 3.8) is 0 Å². The molecule has 1 aromatic rings. The van der Waals surface area contributed by atoms with Crippen molar-refractivity contribution in [3.05, 3.63) is 29.1 Å². The average molecular weight is 286 g/mol. The van der Waals surface area contributed by atoms with E-state index in [0.717, 1.165) is 12.8 Å². The van der Waals surface area contributed by atoms with Crippen LogP contribution < -0.4 is 10.5 Å². The van der Waals surface area contributed by atoms with E-state index in [4.69, 9.17) is 5.73 Å². The van der Waals surface area contributed by atoms with Crippen molar-refractivity contribution >= 4 is 10.0 Å². The molecule has 1 aromatic carbocycles. The summed E-state index contributed by atoms with van der Waals surface area (Å²) in [7, 11) is -3.64. The fourth-order valence-corrected chi connectivity index (χ4v) is 3.65. The maximum Gasteiger partial charge on any atom is 0.240 e. The van der Waals surface area contributed by atoms with E-state index in [1.165, 1.54) is 12.1 Å². The number of hydrogen-bond acceptors (Lipinski definition) is 3. The molecule has 1 saturated carbocycles. The quantitative estimate of drug-likeness (QED) is 0.860. The molecule has 0 bridgehead atoms. The molecule has 1 aliphatic rings. The molecule has 3 N–H and O–H groups in total. The van der Waals surface area contributed by atoms with Crippen molar-refractivity contribution < 1.29 is 12.8 Å². The predicted molar refractivity (Wildman–Crippen MR) is 71.8 cm³/mol. The van der Waals surface area contributed by atoms with Crippen LogP contribution in [0.4, 0.5) is 4.39 Å². The summed E-state index contributed by atoms with van der Waals surface area (Å²) >= 11 is 0. The van der Waals surface area contributed by atoms with Gasteiger partial charge < -0.3 is 5.73 Å². The molecule has 106 valence electrons. The second kappa shape index (κ2) is 5.19. The SMILES string of the molecule is Cc1cc(S(=O)(=O)NC(CN)C2CC2)cc(C)c1F. The number of nitrogens with one attached hydrogen (secondary N) is 1. The largest absolute Gasteiger partial charge is 0.329 e. The number of nitrogens with two attached hydrogens (primary N) is 1. The van der Waals surface area contributed by atoms with E-state index in [0.29, 0.717) is 17.0 Å². The van der Waals surface area contributed by atoms with Gasteiger partial charge in [0.05, 0.1) is 4.90 Å². The third-order valence-corrected chi connectivity index (χ3v) is 4.94. The molecule has 0 amide bonds. The lowest BCUT2D eigenvalue weighted by atomic mass is 10.1. The zero-order valence-corrected chi connectivity index (χ0v) is 11.9. The van der Waals surface area contributed by atoms with Crippen LogP contribution in [0.1, 0.15) is 24.0 Å². The van der Waals surface area contributed by atoms with E-state index in [9.17, 15) is 12.8 Å². The van der Waals surface area contributed by atoms with Gasteiger partial charge in [0.2, 0.25) is 10.0 Å². The van der Waals surface area contributed by atoms with Crippen molar-refractivity contribution in [1.29, 1.82) is 0 Å². The minimum Gasteiger partial charge on any atom is -0.329 e. The topological polar surface area (TPSA) is 72.2 Å². The molecule has 1 fully saturated rings. The van der Waals surface area contributed by atoms with Gasteiger partial charge in [-0.15, -0.1) is 0 Å². The zero-order chi connectivity index (χ0) is 14.2. The number of halogens is 1. The average Bonchev–Trinajstić information content (AvgIpc) is 3.16. The highest BCUT2D eigenvalue weighted by Crippen LogP contribution is 2.33. The van der Waals surface area contributed by atoms with Crippen LogP contribution in [0.2, 0.25) is 0 Å². The normalized spacial score (nSPS) is 17.5. The molecular formula is C13H19FN2O2S. The number of aryl methyl sites for hydroxylation is 2. The van der Waals surface area contributed by atoms with Crippen molar-refractivity contribution in [2.24, 2.45) is 11.7 Å². The van der Waals surface area contributed by atoms with Gasteiger partial charge in [-0.25, -0.2) is 17.5 Å². The second-order valence-electron chi connectivity index (χ2n) is 5.17. The molecule has 0 saturated heterocycles. The summed E-state index contributed by atoms with van der Waals surface area (Å²) in [4.78, 5) is 0.100. The van der Waals surface area contributed by atoms with Gasteiger partial charge in [-0.1, -0.05) is 0 Å². The summed E-state index contributed by atoms with van der Waals surface area (Å²) < 4.78 is 40.7. The van der Waals surface area contributed by atoms with E-state index in [1.54, 1.807) is 13.8 Å². The molecule has 1 aliphatic carbocycles. The van der Waals surface area contributed by atoms with E-state index in [-0.39, 0.29) is 23.3 Å². The first-order valence-electron chi connectivity index (χ1n) is 6.34. The molecule has 0 radical (unpaired) electrons. The maximum absolute atomic E-state index is 13.5. The Morgan fingerprint density at radius 1 is 1.37 bits per heavy atom. The summed E-state index contributed by atoms with van der Waals surface area (Å²) in [6, 6.07) is 2.48. The van der Waals surface area contributed by atoms with Gasteiger partial charge in [-0.2, -0.15) is 0 Å². The molecule has 0 aliphatic heterocycles. The molecule has 2 rings (SSSR count). The Hall–Kier alpha value is -0.980. The Balaban J connectivity index is 2.28. The summed E-state index contributed by atoms with van der Waals surface area (Å²) in [5, 5.41) is 0. The molecule has 0 aromatic heterocycles. The number of sulfonamides is 1. The molecule has 1 unspecified atom stereocenters. The first-order chi connectivity index (χ1) is 8.85. The summed E-state index contributed by atoms with van der Waals surface area (Å²) in [5.41, 5.74) is 6.26. The Labute approximate surface area is 113 Å². The highest BCUT2D eigenvalue weighted by atomic mass is 32.2. The molecule has 6 heteroatoms. The molecular weight excluding hydrogens is 267 g/mol. The standard InChI is InChI=1S/C13H19FN2O2S/c1-8-5-11(6-9(2)13(8)14)19(17,18)16-12(7-15)10-3-4-10/h5-6,10,12,16H,3-4,7,15H2,1-2H3. The lowest BCUT2D eigenvalue weighted by Crippen LogP contribution is -2.41. The lowest BCUT2D eigenvalue weighted by molar-refractivity contribution is 0.518. The molecule has 0 heterocycles. The van der Waals surface area contributed by atoms with Gasteiger partial charge in [0.25, 0.3) is 0 Å². The predicted octanol–water partition coefficient (Wildman–Crippen LogP) is 1.46. The first-order valence-corrected chi connectivity index (χ1v) is 7.82. The van der Waals surface area contributed by atoms with Gasteiger partial charge >= 0.3 is 0 Å². The minimum absolute atomic E-state index is 0.100. The second-order valence-corrected chi connectivity index (χ2v) is 6.89. The maximum atomic E-state index is 13.5. The number of benzene rings is 1. The van der Waals surface area contributed by atoms with Crippen LogP contribution in [0, 0.1) is 25.6 Å². The fourth-order valence-electron chi connectivity index (χ4n) is 2.16.